The minimum Gasteiger partial charge on any atom is -0.291 e. The number of carbonyl (C=O) groups is 2. The molecule has 0 spiro atoms. The molecule has 8 heteroatoms. The van der Waals surface area contributed by atoms with Gasteiger partial charge in [-0.1, -0.05) is 53.5 Å². The molecular weight excluding hydrogens is 424 g/mol. The molecule has 132 valence electrons. The van der Waals surface area contributed by atoms with Crippen molar-refractivity contribution in [2.75, 3.05) is 0 Å². The van der Waals surface area contributed by atoms with E-state index >= 15 is 0 Å². The fourth-order valence-electron chi connectivity index (χ4n) is 2.35. The summed E-state index contributed by atoms with van der Waals surface area (Å²) in [5.41, 5.74) is 1.30. The number of carbonyl (C=O) groups excluding carboxylic acids is 2. The Kier molecular flexibility index (Phi) is 6.68. The molecule has 2 aromatic rings. The smallest absolute Gasteiger partial charge is 0.254 e. The van der Waals surface area contributed by atoms with Crippen LogP contribution in [0.4, 0.5) is 0 Å². The van der Waals surface area contributed by atoms with Gasteiger partial charge in [0.15, 0.2) is 15.4 Å². The van der Waals surface area contributed by atoms with Crippen LogP contribution in [-0.2, 0) is 11.3 Å². The third-order valence-electron chi connectivity index (χ3n) is 3.62. The molecule has 3 nitrogen and oxygen atoms in total. The molecule has 2 unspecified atom stereocenters. The van der Waals surface area contributed by atoms with Gasteiger partial charge < -0.3 is 0 Å². The van der Waals surface area contributed by atoms with E-state index in [1.807, 2.05) is 30.3 Å². The van der Waals surface area contributed by atoms with E-state index in [9.17, 15) is 9.59 Å². The monoisotopic (exact) mass is 435 g/mol. The van der Waals surface area contributed by atoms with Crippen molar-refractivity contribution in [3.63, 3.8) is 0 Å². The number of Topliss-reactive ketones (excluding diaryl/α,β-unsaturated/α-hetero) is 1. The van der Waals surface area contributed by atoms with Crippen LogP contribution < -0.4 is 0 Å². The first-order valence-corrected chi connectivity index (χ1v) is 9.06. The number of ketones is 1. The predicted molar refractivity (Wildman–Crippen MR) is 106 cm³/mol. The summed E-state index contributed by atoms with van der Waals surface area (Å²) in [6, 6.07) is 15.8. The molecule has 0 radical (unpaired) electrons. The van der Waals surface area contributed by atoms with Gasteiger partial charge in [-0.25, -0.2) is 0 Å². The molecule has 0 aliphatic carbocycles. The van der Waals surface area contributed by atoms with Crippen molar-refractivity contribution in [2.45, 2.75) is 16.1 Å². The molecule has 1 amide bonds. The Hall–Kier alpha value is -0.910. The number of amides is 1. The number of benzene rings is 2. The van der Waals surface area contributed by atoms with Crippen LogP contribution in [0.5, 0.6) is 0 Å². The Morgan fingerprint density at radius 2 is 1.72 bits per heavy atom. The highest BCUT2D eigenvalue weighted by Gasteiger charge is 2.57. The minimum absolute atomic E-state index is 0. The van der Waals surface area contributed by atoms with Gasteiger partial charge in [-0.2, -0.15) is 0 Å². The van der Waals surface area contributed by atoms with Crippen molar-refractivity contribution in [3.8, 4) is 0 Å². The molecule has 1 aliphatic rings. The maximum Gasteiger partial charge on any atom is 0.254 e. The second-order valence-electron chi connectivity index (χ2n) is 5.30. The molecule has 1 fully saturated rings. The number of rotatable bonds is 4. The lowest BCUT2D eigenvalue weighted by Gasteiger charge is -2.21. The molecule has 1 aliphatic heterocycles. The lowest BCUT2D eigenvalue weighted by atomic mass is 10.1. The number of halogens is 4. The first-order chi connectivity index (χ1) is 11.4. The number of nitrogens with zero attached hydrogens (tertiary/aromatic N) is 1. The summed E-state index contributed by atoms with van der Waals surface area (Å²) in [5.74, 6) is -0.780. The zero-order chi connectivity index (χ0) is 17.3. The van der Waals surface area contributed by atoms with E-state index in [0.29, 0.717) is 17.1 Å². The van der Waals surface area contributed by atoms with Crippen molar-refractivity contribution in [3.05, 3.63) is 70.7 Å². The zero-order valence-corrected chi connectivity index (χ0v) is 16.6. The molecule has 2 atom stereocenters. The Morgan fingerprint density at radius 1 is 1.12 bits per heavy atom. The third-order valence-corrected chi connectivity index (χ3v) is 6.44. The van der Waals surface area contributed by atoms with E-state index in [0.717, 1.165) is 17.5 Å². The van der Waals surface area contributed by atoms with Crippen molar-refractivity contribution in [2.24, 2.45) is 0 Å². The Morgan fingerprint density at radius 3 is 2.32 bits per heavy atom. The maximum absolute atomic E-state index is 12.8. The average Bonchev–Trinajstić information content (AvgIpc) is 2.81. The lowest BCUT2D eigenvalue weighted by molar-refractivity contribution is -0.125. The van der Waals surface area contributed by atoms with Crippen molar-refractivity contribution in [1.29, 1.82) is 0 Å². The van der Waals surface area contributed by atoms with Crippen LogP contribution in [0.2, 0.25) is 5.02 Å². The van der Waals surface area contributed by atoms with Gasteiger partial charge in [0.25, 0.3) is 5.91 Å². The van der Waals surface area contributed by atoms with Crippen LogP contribution >= 0.6 is 59.2 Å². The maximum atomic E-state index is 12.8. The summed E-state index contributed by atoms with van der Waals surface area (Å²) in [5, 5.41) is -0.630. The molecule has 0 N–H and O–H groups in total. The van der Waals surface area contributed by atoms with Crippen molar-refractivity contribution in [1.82, 2.24) is 4.31 Å². The van der Waals surface area contributed by atoms with E-state index < -0.39 is 15.4 Å². The van der Waals surface area contributed by atoms with E-state index in [-0.39, 0.29) is 18.3 Å². The summed E-state index contributed by atoms with van der Waals surface area (Å²) >= 11 is 19.5. The van der Waals surface area contributed by atoms with Crippen LogP contribution in [0.25, 0.3) is 0 Å². The van der Waals surface area contributed by atoms with Crippen LogP contribution in [-0.4, -0.2) is 25.6 Å². The van der Waals surface area contributed by atoms with Crippen LogP contribution in [0, 0.1) is 0 Å². The molecule has 1 heterocycles. The van der Waals surface area contributed by atoms with E-state index in [1.54, 1.807) is 24.3 Å². The van der Waals surface area contributed by atoms with Gasteiger partial charge in [0.2, 0.25) is 0 Å². The number of hydrogen-bond acceptors (Lipinski definition) is 3. The van der Waals surface area contributed by atoms with E-state index in [2.05, 4.69) is 0 Å². The lowest BCUT2D eigenvalue weighted by Crippen LogP contribution is -2.37. The minimum atomic E-state index is -1.57. The summed E-state index contributed by atoms with van der Waals surface area (Å²) < 4.78 is -0.130. The third kappa shape index (κ3) is 4.09. The molecule has 0 saturated carbocycles. The van der Waals surface area contributed by atoms with Gasteiger partial charge in [0, 0.05) is 10.6 Å². The quantitative estimate of drug-likeness (QED) is 0.376. The number of hydrogen-bond donors (Lipinski definition) is 0. The molecule has 1 saturated heterocycles. The van der Waals surface area contributed by atoms with Gasteiger partial charge in [0.1, 0.15) is 0 Å². The second-order valence-corrected chi connectivity index (χ2v) is 8.26. The molecule has 3 rings (SSSR count). The van der Waals surface area contributed by atoms with Crippen molar-refractivity contribution >= 4 is 70.8 Å². The van der Waals surface area contributed by atoms with Crippen LogP contribution in [0.1, 0.15) is 15.9 Å². The van der Waals surface area contributed by atoms with Gasteiger partial charge in [0.05, 0.1) is 6.54 Å². The van der Waals surface area contributed by atoms with Gasteiger partial charge in [-0.3, -0.25) is 13.9 Å². The number of alkyl halides is 2. The highest BCUT2D eigenvalue weighted by Crippen LogP contribution is 2.49. The Balaban J connectivity index is 0.00000225. The van der Waals surface area contributed by atoms with Gasteiger partial charge in [-0.05, 0) is 41.8 Å². The predicted octanol–water partition coefficient (Wildman–Crippen LogP) is 5.18. The molecule has 2 aromatic carbocycles. The van der Waals surface area contributed by atoms with Crippen molar-refractivity contribution < 1.29 is 9.59 Å². The molecule has 0 bridgehead atoms. The summed E-state index contributed by atoms with van der Waals surface area (Å²) in [6.07, 6.45) is 0. The van der Waals surface area contributed by atoms with E-state index in [4.69, 9.17) is 34.8 Å². The Bertz CT molecular complexity index is 772. The first kappa shape index (κ1) is 20.4. The normalized spacial score (nSPS) is 22.6. The fourth-order valence-corrected chi connectivity index (χ4v) is 4.45. The standard InChI is InChI=1S/C17H12Cl3NO2S.ClH/c18-13-8-6-12(7-9-13)15(22)17(20)14(19)16(23)21(24-17)10-11-4-2-1-3-5-11;/h1-9,14H,10H2;1H. The van der Waals surface area contributed by atoms with Crippen LogP contribution in [0.3, 0.4) is 0 Å². The molecule has 0 aromatic heterocycles. The Labute approximate surface area is 171 Å². The summed E-state index contributed by atoms with van der Waals surface area (Å²) in [4.78, 5) is 25.2. The summed E-state index contributed by atoms with van der Waals surface area (Å²) in [6.45, 7) is 0.329. The second kappa shape index (κ2) is 8.19. The highest BCUT2D eigenvalue weighted by molar-refractivity contribution is 8.01. The summed E-state index contributed by atoms with van der Waals surface area (Å²) in [7, 11) is 0. The first-order valence-electron chi connectivity index (χ1n) is 7.09. The topological polar surface area (TPSA) is 37.4 Å². The SMILES string of the molecule is Cl.O=C1C(Cl)C(Cl)(C(=O)c2ccc(Cl)cc2)SN1Cc1ccccc1. The fraction of sp³-hybridized carbons (Fsp3) is 0.176. The average molecular weight is 437 g/mol. The molecular formula is C17H13Cl4NO2S. The largest absolute Gasteiger partial charge is 0.291 e. The van der Waals surface area contributed by atoms with Gasteiger partial charge in [-0.15, -0.1) is 24.0 Å². The van der Waals surface area contributed by atoms with Crippen LogP contribution in [0.15, 0.2) is 54.6 Å². The zero-order valence-electron chi connectivity index (χ0n) is 12.7. The molecule has 25 heavy (non-hydrogen) atoms. The van der Waals surface area contributed by atoms with E-state index in [1.165, 1.54) is 4.31 Å². The van der Waals surface area contributed by atoms with Gasteiger partial charge >= 0.3 is 0 Å². The highest BCUT2D eigenvalue weighted by atomic mass is 35.5.